The van der Waals surface area contributed by atoms with Gasteiger partial charge >= 0.3 is 0 Å². The van der Waals surface area contributed by atoms with Crippen molar-refractivity contribution in [2.24, 2.45) is 5.10 Å². The van der Waals surface area contributed by atoms with Crippen LogP contribution in [0, 0.1) is 19.7 Å². The molecule has 0 aliphatic carbocycles. The number of rotatable bonds is 4. The lowest BCUT2D eigenvalue weighted by atomic mass is 10.1. The number of aromatic nitrogens is 3. The van der Waals surface area contributed by atoms with Gasteiger partial charge in [-0.15, -0.1) is 0 Å². The highest BCUT2D eigenvalue weighted by Crippen LogP contribution is 2.35. The maximum Gasteiger partial charge on any atom is 0.212 e. The summed E-state index contributed by atoms with van der Waals surface area (Å²) in [4.78, 5) is 9.16. The molecule has 34 heavy (non-hydrogen) atoms. The summed E-state index contributed by atoms with van der Waals surface area (Å²) in [6.45, 7) is 3.76. The predicted octanol–water partition coefficient (Wildman–Crippen LogP) is 4.64. The first kappa shape index (κ1) is 21.7. The van der Waals surface area contributed by atoms with E-state index < -0.39 is 9.84 Å². The number of nitrogen functional groups attached to an aromatic ring is 1. The molecule has 0 amide bonds. The van der Waals surface area contributed by atoms with Gasteiger partial charge in [-0.3, -0.25) is 0 Å². The van der Waals surface area contributed by atoms with Crippen LogP contribution < -0.4 is 5.73 Å². The van der Waals surface area contributed by atoms with Crippen LogP contribution in [0.5, 0.6) is 0 Å². The van der Waals surface area contributed by atoms with E-state index in [2.05, 4.69) is 15.1 Å². The third kappa shape index (κ3) is 3.60. The largest absolute Gasteiger partial charge is 0.382 e. The molecule has 170 valence electrons. The van der Waals surface area contributed by atoms with Crippen molar-refractivity contribution < 1.29 is 12.8 Å². The van der Waals surface area contributed by atoms with Crippen LogP contribution in [-0.2, 0) is 9.84 Å². The maximum atomic E-state index is 13.7. The topological polar surface area (TPSA) is 103 Å². The third-order valence-corrected chi connectivity index (χ3v) is 7.49. The predicted molar refractivity (Wildman–Crippen MR) is 130 cm³/mol. The summed E-state index contributed by atoms with van der Waals surface area (Å²) < 4.78 is 42.0. The van der Waals surface area contributed by atoms with Crippen molar-refractivity contribution in [1.29, 1.82) is 0 Å². The van der Waals surface area contributed by atoms with Gasteiger partial charge in [-0.1, -0.05) is 30.3 Å². The zero-order valence-electron chi connectivity index (χ0n) is 18.4. The molecule has 7 nitrogen and oxygen atoms in total. The van der Waals surface area contributed by atoms with Crippen LogP contribution in [0.25, 0.3) is 22.2 Å². The first-order valence-corrected chi connectivity index (χ1v) is 11.9. The van der Waals surface area contributed by atoms with Gasteiger partial charge < -0.3 is 5.73 Å². The molecule has 0 atom stereocenters. The van der Waals surface area contributed by atoms with Gasteiger partial charge in [0.15, 0.2) is 5.65 Å². The van der Waals surface area contributed by atoms with E-state index in [0.717, 1.165) is 11.1 Å². The molecular formula is C25H20FN5O2S. The van der Waals surface area contributed by atoms with E-state index in [-0.39, 0.29) is 32.6 Å². The molecule has 5 rings (SSSR count). The van der Waals surface area contributed by atoms with Crippen molar-refractivity contribution in [2.75, 3.05) is 5.73 Å². The Bertz CT molecular complexity index is 1710. The number of halogens is 1. The Balaban J connectivity index is 1.79. The summed E-state index contributed by atoms with van der Waals surface area (Å²) in [5.74, 6) is -0.482. The van der Waals surface area contributed by atoms with Crippen molar-refractivity contribution in [3.63, 3.8) is 0 Å². The van der Waals surface area contributed by atoms with Gasteiger partial charge in [0.05, 0.1) is 22.1 Å². The normalized spacial score (nSPS) is 12.2. The Morgan fingerprint density at radius 1 is 0.941 bits per heavy atom. The number of para-hydroxylation sites is 2. The smallest absolute Gasteiger partial charge is 0.212 e. The quantitative estimate of drug-likeness (QED) is 0.383. The molecule has 2 N–H and O–H groups in total. The molecule has 0 radical (unpaired) electrons. The van der Waals surface area contributed by atoms with Crippen LogP contribution >= 0.6 is 0 Å². The fourth-order valence-electron chi connectivity index (χ4n) is 3.68. The monoisotopic (exact) mass is 473 g/mol. The molecule has 2 heterocycles. The van der Waals surface area contributed by atoms with E-state index in [4.69, 9.17) is 5.73 Å². The van der Waals surface area contributed by atoms with Gasteiger partial charge in [-0.25, -0.2) is 22.8 Å². The lowest BCUT2D eigenvalue weighted by Gasteiger charge is -2.07. The first-order valence-electron chi connectivity index (χ1n) is 10.4. The summed E-state index contributed by atoms with van der Waals surface area (Å²) in [6, 6.07) is 17.8. The second-order valence-electron chi connectivity index (χ2n) is 7.96. The van der Waals surface area contributed by atoms with E-state index in [1.54, 1.807) is 48.5 Å². The van der Waals surface area contributed by atoms with Gasteiger partial charge in [0.1, 0.15) is 22.0 Å². The lowest BCUT2D eigenvalue weighted by Crippen LogP contribution is -2.07. The highest BCUT2D eigenvalue weighted by Gasteiger charge is 2.30. The maximum absolute atomic E-state index is 13.7. The van der Waals surface area contributed by atoms with Gasteiger partial charge in [0.25, 0.3) is 0 Å². The number of hydrogen-bond donors (Lipinski definition) is 1. The second-order valence-corrected chi connectivity index (χ2v) is 9.84. The summed E-state index contributed by atoms with van der Waals surface area (Å²) in [5, 5.41) is 4.38. The van der Waals surface area contributed by atoms with Crippen LogP contribution in [0.15, 0.2) is 81.6 Å². The van der Waals surface area contributed by atoms with Crippen molar-refractivity contribution in [3.8, 4) is 0 Å². The van der Waals surface area contributed by atoms with Gasteiger partial charge in [0, 0.05) is 0 Å². The minimum Gasteiger partial charge on any atom is -0.382 e. The van der Waals surface area contributed by atoms with Crippen molar-refractivity contribution in [2.45, 2.75) is 23.6 Å². The first-order chi connectivity index (χ1) is 16.3. The van der Waals surface area contributed by atoms with Crippen LogP contribution in [0.4, 0.5) is 10.2 Å². The Hall–Kier alpha value is -4.11. The number of nitrogens with two attached hydrogens (primary N) is 1. The lowest BCUT2D eigenvalue weighted by molar-refractivity contribution is 0.597. The van der Waals surface area contributed by atoms with Crippen LogP contribution in [0.2, 0.25) is 0 Å². The molecule has 0 fully saturated rings. The highest BCUT2D eigenvalue weighted by atomic mass is 32.2. The third-order valence-electron chi connectivity index (χ3n) is 5.68. The number of sulfone groups is 1. The number of fused-ring (bicyclic) bond motifs is 2. The molecule has 0 aliphatic rings. The zero-order chi connectivity index (χ0) is 24.0. The Kier molecular flexibility index (Phi) is 5.13. The van der Waals surface area contributed by atoms with Crippen molar-refractivity contribution in [3.05, 3.63) is 89.2 Å². The molecule has 9 heteroatoms. The van der Waals surface area contributed by atoms with Crippen LogP contribution in [0.1, 0.15) is 16.7 Å². The Morgan fingerprint density at radius 2 is 1.62 bits per heavy atom. The van der Waals surface area contributed by atoms with Gasteiger partial charge in [0.2, 0.25) is 9.84 Å². The zero-order valence-corrected chi connectivity index (χ0v) is 19.2. The number of hydrogen-bond acceptors (Lipinski definition) is 6. The fourth-order valence-corrected chi connectivity index (χ4v) is 5.24. The van der Waals surface area contributed by atoms with E-state index in [9.17, 15) is 12.8 Å². The molecular weight excluding hydrogens is 453 g/mol. The molecule has 0 saturated carbocycles. The average Bonchev–Trinajstić information content (AvgIpc) is 3.09. The molecule has 0 bridgehead atoms. The summed E-state index contributed by atoms with van der Waals surface area (Å²) in [7, 11) is -4.04. The molecule has 0 spiro atoms. The van der Waals surface area contributed by atoms with Crippen LogP contribution in [-0.4, -0.2) is 29.3 Å². The molecule has 5 aromatic rings. The minimum absolute atomic E-state index is 0.109. The fraction of sp³-hybridized carbons (Fsp3) is 0.0800. The Morgan fingerprint density at radius 3 is 2.29 bits per heavy atom. The highest BCUT2D eigenvalue weighted by molar-refractivity contribution is 7.92. The SMILES string of the molecule is Cc1ccc(S(=O)(=O)c2c(N)n(N=Cc3ccc(F)cc3)c3nc4ccccc4nc23)cc1C. The molecule has 3 aromatic carbocycles. The van der Waals surface area contributed by atoms with Crippen molar-refractivity contribution >= 4 is 44.1 Å². The number of nitrogens with zero attached hydrogens (tertiary/aromatic N) is 4. The van der Waals surface area contributed by atoms with E-state index in [0.29, 0.717) is 16.6 Å². The summed E-state index contributed by atoms with van der Waals surface area (Å²) in [5.41, 5.74) is 10.3. The molecule has 0 unspecified atom stereocenters. The van der Waals surface area contributed by atoms with Crippen LogP contribution in [0.3, 0.4) is 0 Å². The molecule has 0 saturated heterocycles. The molecule has 2 aromatic heterocycles. The van der Waals surface area contributed by atoms with Gasteiger partial charge in [-0.2, -0.15) is 9.78 Å². The van der Waals surface area contributed by atoms with Gasteiger partial charge in [-0.05, 0) is 66.9 Å². The summed E-state index contributed by atoms with van der Waals surface area (Å²) >= 11 is 0. The number of benzene rings is 3. The van der Waals surface area contributed by atoms with E-state index in [1.165, 1.54) is 23.0 Å². The minimum atomic E-state index is -4.04. The average molecular weight is 474 g/mol. The van der Waals surface area contributed by atoms with E-state index in [1.807, 2.05) is 19.9 Å². The second kappa shape index (κ2) is 8.03. The Labute approximate surface area is 195 Å². The number of anilines is 1. The van der Waals surface area contributed by atoms with Crippen molar-refractivity contribution in [1.82, 2.24) is 14.6 Å². The standard InChI is InChI=1S/C25H20FN5O2S/c1-15-7-12-19(13-16(15)2)34(32,33)23-22-25(30-21-6-4-3-5-20(21)29-22)31(24(23)27)28-14-17-8-10-18(26)11-9-17/h3-14H,27H2,1-2H3. The molecule has 0 aliphatic heterocycles. The summed E-state index contributed by atoms with van der Waals surface area (Å²) in [6.07, 6.45) is 1.46. The number of aryl methyl sites for hydroxylation is 2. The van der Waals surface area contributed by atoms with E-state index >= 15 is 0 Å².